The summed E-state index contributed by atoms with van der Waals surface area (Å²) in [7, 11) is 0. The number of benzene rings is 1. The molecule has 3 rings (SSSR count). The van der Waals surface area contributed by atoms with Gasteiger partial charge >= 0.3 is 11.5 Å². The van der Waals surface area contributed by atoms with E-state index in [-0.39, 0.29) is 28.9 Å². The van der Waals surface area contributed by atoms with E-state index in [9.17, 15) is 22.8 Å². The van der Waals surface area contributed by atoms with Gasteiger partial charge in [-0.1, -0.05) is 0 Å². The fraction of sp³-hybridized carbons (Fsp3) is 0.278. The molecule has 1 fully saturated rings. The Bertz CT molecular complexity index is 871. The standard InChI is InChI=1S/C18H16F3N3O2S/c1-11-9-22-8-7-13(11)10-23-12(2)16(25)24(17(23)26)14-3-5-15(6-4-14)27-18(19,20)21/h3-9,12H,10H2,1-2H3. The van der Waals surface area contributed by atoms with Crippen LogP contribution < -0.4 is 4.90 Å². The van der Waals surface area contributed by atoms with Crippen LogP contribution in [0.3, 0.4) is 0 Å². The Kier molecular flexibility index (Phi) is 5.14. The van der Waals surface area contributed by atoms with Crippen molar-refractivity contribution >= 4 is 29.4 Å². The molecule has 0 N–H and O–H groups in total. The number of carbonyl (C=O) groups excluding carboxylic acids is 2. The van der Waals surface area contributed by atoms with Crippen molar-refractivity contribution in [3.8, 4) is 0 Å². The summed E-state index contributed by atoms with van der Waals surface area (Å²) >= 11 is -0.247. The second-order valence-corrected chi connectivity index (χ2v) is 7.24. The van der Waals surface area contributed by atoms with Crippen LogP contribution in [0, 0.1) is 6.92 Å². The topological polar surface area (TPSA) is 53.5 Å². The summed E-state index contributed by atoms with van der Waals surface area (Å²) in [4.78, 5) is 31.8. The number of aryl methyl sites for hydroxylation is 1. The molecule has 1 saturated heterocycles. The summed E-state index contributed by atoms with van der Waals surface area (Å²) in [5.41, 5.74) is -2.37. The molecule has 2 heterocycles. The summed E-state index contributed by atoms with van der Waals surface area (Å²) in [5.74, 6) is -0.414. The van der Waals surface area contributed by atoms with Crippen molar-refractivity contribution in [3.63, 3.8) is 0 Å². The van der Waals surface area contributed by atoms with E-state index in [1.165, 1.54) is 29.2 Å². The minimum Gasteiger partial charge on any atom is -0.308 e. The molecular formula is C18H16F3N3O2S. The summed E-state index contributed by atoms with van der Waals surface area (Å²) in [6, 6.07) is 5.79. The fourth-order valence-corrected chi connectivity index (χ4v) is 3.35. The van der Waals surface area contributed by atoms with Gasteiger partial charge in [-0.3, -0.25) is 9.78 Å². The van der Waals surface area contributed by atoms with Gasteiger partial charge in [0.2, 0.25) is 0 Å². The van der Waals surface area contributed by atoms with Gasteiger partial charge < -0.3 is 4.90 Å². The van der Waals surface area contributed by atoms with Crippen molar-refractivity contribution in [1.29, 1.82) is 0 Å². The zero-order valence-electron chi connectivity index (χ0n) is 14.5. The Morgan fingerprint density at radius 3 is 2.41 bits per heavy atom. The van der Waals surface area contributed by atoms with Crippen LogP contribution in [0.2, 0.25) is 0 Å². The Morgan fingerprint density at radius 2 is 1.81 bits per heavy atom. The highest BCUT2D eigenvalue weighted by molar-refractivity contribution is 8.00. The van der Waals surface area contributed by atoms with Crippen LogP contribution in [0.5, 0.6) is 0 Å². The number of pyridine rings is 1. The number of carbonyl (C=O) groups is 2. The van der Waals surface area contributed by atoms with Gasteiger partial charge in [0.1, 0.15) is 6.04 Å². The van der Waals surface area contributed by atoms with Crippen molar-refractivity contribution < 1.29 is 22.8 Å². The summed E-state index contributed by atoms with van der Waals surface area (Å²) in [6.07, 6.45) is 3.29. The number of hydrogen-bond acceptors (Lipinski definition) is 4. The highest BCUT2D eigenvalue weighted by atomic mass is 32.2. The van der Waals surface area contributed by atoms with Crippen molar-refractivity contribution in [3.05, 3.63) is 53.9 Å². The van der Waals surface area contributed by atoms with E-state index in [1.807, 2.05) is 6.92 Å². The zero-order chi connectivity index (χ0) is 19.8. The fourth-order valence-electron chi connectivity index (χ4n) is 2.81. The molecule has 3 amide bonds. The Labute approximate surface area is 158 Å². The van der Waals surface area contributed by atoms with E-state index < -0.39 is 23.5 Å². The average Bonchev–Trinajstić information content (AvgIpc) is 2.80. The molecule has 1 aliphatic rings. The van der Waals surface area contributed by atoms with Crippen LogP contribution >= 0.6 is 11.8 Å². The number of amides is 3. The number of imide groups is 1. The Morgan fingerprint density at radius 1 is 1.15 bits per heavy atom. The van der Waals surface area contributed by atoms with Crippen LogP contribution in [0.1, 0.15) is 18.1 Å². The molecule has 0 radical (unpaired) electrons. The smallest absolute Gasteiger partial charge is 0.308 e. The molecule has 0 aliphatic carbocycles. The molecule has 1 unspecified atom stereocenters. The lowest BCUT2D eigenvalue weighted by atomic mass is 10.1. The van der Waals surface area contributed by atoms with E-state index in [1.54, 1.807) is 25.4 Å². The third-order valence-corrected chi connectivity index (χ3v) is 5.03. The zero-order valence-corrected chi connectivity index (χ0v) is 15.3. The van der Waals surface area contributed by atoms with Crippen molar-refractivity contribution in [2.45, 2.75) is 36.8 Å². The molecule has 0 saturated carbocycles. The second kappa shape index (κ2) is 7.22. The molecule has 1 aromatic carbocycles. The predicted molar refractivity (Wildman–Crippen MR) is 95.2 cm³/mol. The maximum absolute atomic E-state index is 12.8. The molecular weight excluding hydrogens is 379 g/mol. The molecule has 0 bridgehead atoms. The number of rotatable bonds is 4. The van der Waals surface area contributed by atoms with Crippen LogP contribution in [0.15, 0.2) is 47.6 Å². The van der Waals surface area contributed by atoms with Gasteiger partial charge in [-0.2, -0.15) is 13.2 Å². The van der Waals surface area contributed by atoms with Gasteiger partial charge in [0, 0.05) is 23.8 Å². The second-order valence-electron chi connectivity index (χ2n) is 6.10. The number of nitrogens with zero attached hydrogens (tertiary/aromatic N) is 3. The van der Waals surface area contributed by atoms with Gasteiger partial charge in [-0.25, -0.2) is 9.69 Å². The first-order valence-electron chi connectivity index (χ1n) is 8.07. The van der Waals surface area contributed by atoms with E-state index in [2.05, 4.69) is 4.98 Å². The highest BCUT2D eigenvalue weighted by Gasteiger charge is 2.43. The lowest BCUT2D eigenvalue weighted by Crippen LogP contribution is -2.33. The quantitative estimate of drug-likeness (QED) is 0.570. The SMILES string of the molecule is Cc1cnccc1CN1C(=O)N(c2ccc(SC(F)(F)F)cc2)C(=O)C1C. The Hall–Kier alpha value is -2.55. The highest BCUT2D eigenvalue weighted by Crippen LogP contribution is 2.38. The van der Waals surface area contributed by atoms with Gasteiger partial charge in [-0.15, -0.1) is 0 Å². The molecule has 1 aromatic heterocycles. The van der Waals surface area contributed by atoms with Crippen molar-refractivity contribution in [2.24, 2.45) is 0 Å². The van der Waals surface area contributed by atoms with Crippen molar-refractivity contribution in [2.75, 3.05) is 4.90 Å². The number of anilines is 1. The number of thioether (sulfide) groups is 1. The molecule has 0 spiro atoms. The van der Waals surface area contributed by atoms with E-state index in [0.717, 1.165) is 16.0 Å². The van der Waals surface area contributed by atoms with Crippen LogP contribution in [0.25, 0.3) is 0 Å². The van der Waals surface area contributed by atoms with E-state index >= 15 is 0 Å². The molecule has 27 heavy (non-hydrogen) atoms. The predicted octanol–water partition coefficient (Wildman–Crippen LogP) is 4.36. The minimum atomic E-state index is -4.39. The minimum absolute atomic E-state index is 0.0114. The normalized spacial score (nSPS) is 17.7. The number of hydrogen-bond donors (Lipinski definition) is 0. The first-order chi connectivity index (χ1) is 12.7. The largest absolute Gasteiger partial charge is 0.446 e. The first kappa shape index (κ1) is 19.2. The number of alkyl halides is 3. The lowest BCUT2D eigenvalue weighted by molar-refractivity contribution is -0.119. The van der Waals surface area contributed by atoms with Gasteiger partial charge in [0.15, 0.2) is 0 Å². The van der Waals surface area contributed by atoms with Crippen LogP contribution in [0.4, 0.5) is 23.7 Å². The Balaban J connectivity index is 1.82. The molecule has 5 nitrogen and oxygen atoms in total. The van der Waals surface area contributed by atoms with Gasteiger partial charge in [-0.05, 0) is 67.1 Å². The van der Waals surface area contributed by atoms with Crippen LogP contribution in [-0.2, 0) is 11.3 Å². The van der Waals surface area contributed by atoms with Gasteiger partial charge in [0.05, 0.1) is 5.69 Å². The summed E-state index contributed by atoms with van der Waals surface area (Å²) in [6.45, 7) is 3.74. The van der Waals surface area contributed by atoms with Crippen molar-refractivity contribution in [1.82, 2.24) is 9.88 Å². The summed E-state index contributed by atoms with van der Waals surface area (Å²) < 4.78 is 37.3. The third-order valence-electron chi connectivity index (χ3n) is 4.29. The molecule has 9 heteroatoms. The average molecular weight is 395 g/mol. The van der Waals surface area contributed by atoms with Crippen LogP contribution in [-0.4, -0.2) is 33.4 Å². The van der Waals surface area contributed by atoms with E-state index in [0.29, 0.717) is 0 Å². The summed E-state index contributed by atoms with van der Waals surface area (Å²) in [5, 5.41) is 0. The molecule has 2 aromatic rings. The maximum atomic E-state index is 12.8. The molecule has 142 valence electrons. The number of halogens is 3. The third kappa shape index (κ3) is 4.08. The number of aromatic nitrogens is 1. The molecule has 1 atom stereocenters. The van der Waals surface area contributed by atoms with E-state index in [4.69, 9.17) is 0 Å². The monoisotopic (exact) mass is 395 g/mol. The molecule has 1 aliphatic heterocycles. The number of urea groups is 1. The first-order valence-corrected chi connectivity index (χ1v) is 8.89. The lowest BCUT2D eigenvalue weighted by Gasteiger charge is -2.20. The maximum Gasteiger partial charge on any atom is 0.446 e. The van der Waals surface area contributed by atoms with Gasteiger partial charge in [0.25, 0.3) is 5.91 Å².